The van der Waals surface area contributed by atoms with Gasteiger partial charge in [-0.15, -0.1) is 0 Å². The van der Waals surface area contributed by atoms with Gasteiger partial charge in [0.25, 0.3) is 5.91 Å². The van der Waals surface area contributed by atoms with Crippen LogP contribution in [0.2, 0.25) is 0 Å². The minimum atomic E-state index is -0.175. The molecule has 22 heavy (non-hydrogen) atoms. The fourth-order valence-corrected chi connectivity index (χ4v) is 2.74. The standard InChI is InChI=1S/C16H14N2O3S/c1-10-3-6-13(21-10)9-14-15(19)18-16(22-14)17-11-4-7-12(20-2)8-5-11/h3-9H,1-2H3,(H,17,18,19)/b14-9+. The van der Waals surface area contributed by atoms with E-state index < -0.39 is 0 Å². The van der Waals surface area contributed by atoms with Crippen molar-refractivity contribution < 1.29 is 13.9 Å². The summed E-state index contributed by atoms with van der Waals surface area (Å²) in [5.41, 5.74) is 0.749. The number of rotatable bonds is 3. The van der Waals surface area contributed by atoms with Gasteiger partial charge in [-0.2, -0.15) is 0 Å². The average Bonchev–Trinajstić information content (AvgIpc) is 3.06. The number of nitrogens with zero attached hydrogens (tertiary/aromatic N) is 1. The van der Waals surface area contributed by atoms with Crippen LogP contribution < -0.4 is 10.1 Å². The van der Waals surface area contributed by atoms with E-state index in [4.69, 9.17) is 9.15 Å². The summed E-state index contributed by atoms with van der Waals surface area (Å²) in [5, 5.41) is 3.29. The first-order valence-corrected chi connectivity index (χ1v) is 7.46. The second-order valence-electron chi connectivity index (χ2n) is 4.63. The smallest absolute Gasteiger partial charge is 0.264 e. The maximum absolute atomic E-state index is 11.9. The number of hydrogen-bond acceptors (Lipinski definition) is 5. The molecule has 1 N–H and O–H groups in total. The molecule has 2 aromatic rings. The zero-order valence-electron chi connectivity index (χ0n) is 12.1. The van der Waals surface area contributed by atoms with Crippen molar-refractivity contribution in [3.63, 3.8) is 0 Å². The predicted octanol–water partition coefficient (Wildman–Crippen LogP) is 3.49. The molecule has 2 heterocycles. The van der Waals surface area contributed by atoms with Gasteiger partial charge < -0.3 is 14.5 Å². The van der Waals surface area contributed by atoms with Crippen molar-refractivity contribution in [3.8, 4) is 5.75 Å². The highest BCUT2D eigenvalue weighted by Crippen LogP contribution is 2.28. The second-order valence-corrected chi connectivity index (χ2v) is 5.66. The van der Waals surface area contributed by atoms with Crippen molar-refractivity contribution in [2.24, 2.45) is 4.99 Å². The van der Waals surface area contributed by atoms with Gasteiger partial charge in [-0.25, -0.2) is 4.99 Å². The lowest BCUT2D eigenvalue weighted by Gasteiger charge is -1.99. The lowest BCUT2D eigenvalue weighted by molar-refractivity contribution is -0.115. The van der Waals surface area contributed by atoms with Gasteiger partial charge in [0.1, 0.15) is 17.3 Å². The van der Waals surface area contributed by atoms with E-state index in [-0.39, 0.29) is 5.91 Å². The van der Waals surface area contributed by atoms with Gasteiger partial charge in [-0.1, -0.05) is 0 Å². The third-order valence-corrected chi connectivity index (χ3v) is 3.90. The summed E-state index contributed by atoms with van der Waals surface area (Å²) in [4.78, 5) is 16.9. The maximum atomic E-state index is 11.9. The summed E-state index contributed by atoms with van der Waals surface area (Å²) in [7, 11) is 1.61. The van der Waals surface area contributed by atoms with Crippen molar-refractivity contribution in [1.82, 2.24) is 5.32 Å². The van der Waals surface area contributed by atoms with Crippen LogP contribution in [-0.4, -0.2) is 18.2 Å². The molecule has 1 fully saturated rings. The van der Waals surface area contributed by atoms with Crippen LogP contribution in [0.15, 0.2) is 50.7 Å². The number of nitrogens with one attached hydrogen (secondary N) is 1. The molecule has 1 amide bonds. The Hall–Kier alpha value is -2.47. The van der Waals surface area contributed by atoms with Crippen molar-refractivity contribution in [2.45, 2.75) is 6.92 Å². The minimum Gasteiger partial charge on any atom is -0.497 e. The van der Waals surface area contributed by atoms with Crippen LogP contribution in [-0.2, 0) is 4.79 Å². The summed E-state index contributed by atoms with van der Waals surface area (Å²) in [6.07, 6.45) is 1.71. The molecule has 0 saturated carbocycles. The van der Waals surface area contributed by atoms with Crippen LogP contribution >= 0.6 is 11.8 Å². The molecule has 1 aliphatic heterocycles. The molecule has 0 atom stereocenters. The largest absolute Gasteiger partial charge is 0.497 e. The molecular weight excluding hydrogens is 300 g/mol. The Morgan fingerprint density at radius 1 is 1.23 bits per heavy atom. The van der Waals surface area contributed by atoms with Gasteiger partial charge in [0.2, 0.25) is 0 Å². The van der Waals surface area contributed by atoms with E-state index in [1.165, 1.54) is 11.8 Å². The van der Waals surface area contributed by atoms with Crippen LogP contribution in [0.25, 0.3) is 6.08 Å². The molecule has 6 heteroatoms. The first-order chi connectivity index (χ1) is 10.6. The van der Waals surface area contributed by atoms with Crippen molar-refractivity contribution in [2.75, 3.05) is 7.11 Å². The Labute approximate surface area is 132 Å². The summed E-state index contributed by atoms with van der Waals surface area (Å²) in [6, 6.07) is 11.0. The van der Waals surface area contributed by atoms with Crippen molar-refractivity contribution in [3.05, 3.63) is 52.8 Å². The zero-order chi connectivity index (χ0) is 15.5. The summed E-state index contributed by atoms with van der Waals surface area (Å²) >= 11 is 1.29. The van der Waals surface area contributed by atoms with E-state index in [2.05, 4.69) is 10.3 Å². The number of aryl methyl sites for hydroxylation is 1. The monoisotopic (exact) mass is 314 g/mol. The lowest BCUT2D eigenvalue weighted by atomic mass is 10.3. The maximum Gasteiger partial charge on any atom is 0.264 e. The first-order valence-electron chi connectivity index (χ1n) is 6.64. The molecular formula is C16H14N2O3S. The molecule has 0 bridgehead atoms. The third kappa shape index (κ3) is 3.23. The van der Waals surface area contributed by atoms with Crippen LogP contribution in [0.5, 0.6) is 5.75 Å². The molecule has 1 aliphatic rings. The fraction of sp³-hybridized carbons (Fsp3) is 0.125. The molecule has 1 saturated heterocycles. The number of methoxy groups -OCH3 is 1. The predicted molar refractivity (Wildman–Crippen MR) is 87.2 cm³/mol. The summed E-state index contributed by atoms with van der Waals surface area (Å²) in [5.74, 6) is 2.05. The number of thioether (sulfide) groups is 1. The Morgan fingerprint density at radius 2 is 2.00 bits per heavy atom. The van der Waals surface area contributed by atoms with E-state index in [1.54, 1.807) is 13.2 Å². The average molecular weight is 314 g/mol. The zero-order valence-corrected chi connectivity index (χ0v) is 12.9. The molecule has 0 radical (unpaired) electrons. The highest BCUT2D eigenvalue weighted by molar-refractivity contribution is 8.18. The molecule has 112 valence electrons. The van der Waals surface area contributed by atoms with E-state index in [0.717, 1.165) is 17.2 Å². The van der Waals surface area contributed by atoms with E-state index in [0.29, 0.717) is 15.8 Å². The number of carbonyl (C=O) groups excluding carboxylic acids is 1. The number of aliphatic imine (C=N–C) groups is 1. The molecule has 3 rings (SSSR count). The highest BCUT2D eigenvalue weighted by atomic mass is 32.2. The van der Waals surface area contributed by atoms with Crippen LogP contribution in [0.3, 0.4) is 0 Å². The van der Waals surface area contributed by atoms with Crippen LogP contribution in [0.1, 0.15) is 11.5 Å². The number of carbonyl (C=O) groups is 1. The number of amidine groups is 1. The SMILES string of the molecule is COc1ccc(N=C2NC(=O)/C(=C\c3ccc(C)o3)S2)cc1. The van der Waals surface area contributed by atoms with Gasteiger partial charge in [0.15, 0.2) is 5.17 Å². The molecule has 0 unspecified atom stereocenters. The lowest BCUT2D eigenvalue weighted by Crippen LogP contribution is -2.19. The second kappa shape index (κ2) is 6.11. The number of hydrogen-bond donors (Lipinski definition) is 1. The molecule has 0 aliphatic carbocycles. The van der Waals surface area contributed by atoms with Crippen LogP contribution in [0.4, 0.5) is 5.69 Å². The fourth-order valence-electron chi connectivity index (χ4n) is 1.91. The van der Waals surface area contributed by atoms with Gasteiger partial charge in [0.05, 0.1) is 17.7 Å². The first kappa shape index (κ1) is 14.5. The third-order valence-electron chi connectivity index (χ3n) is 2.99. The number of furan rings is 1. The van der Waals surface area contributed by atoms with E-state index in [1.807, 2.05) is 43.3 Å². The van der Waals surface area contributed by atoms with Gasteiger partial charge in [-0.3, -0.25) is 4.79 Å². The van der Waals surface area contributed by atoms with Crippen molar-refractivity contribution >= 4 is 34.6 Å². The summed E-state index contributed by atoms with van der Waals surface area (Å²) in [6.45, 7) is 1.86. The number of benzene rings is 1. The molecule has 0 spiro atoms. The van der Waals surface area contributed by atoms with Gasteiger partial charge >= 0.3 is 0 Å². The Morgan fingerprint density at radius 3 is 2.64 bits per heavy atom. The Balaban J connectivity index is 1.78. The molecule has 1 aromatic heterocycles. The van der Waals surface area contributed by atoms with E-state index >= 15 is 0 Å². The number of ether oxygens (including phenoxy) is 1. The highest BCUT2D eigenvalue weighted by Gasteiger charge is 2.24. The minimum absolute atomic E-state index is 0.175. The van der Waals surface area contributed by atoms with Crippen LogP contribution in [0, 0.1) is 6.92 Å². The summed E-state index contributed by atoms with van der Waals surface area (Å²) < 4.78 is 10.5. The normalized spacial score (nSPS) is 18.0. The quantitative estimate of drug-likeness (QED) is 0.881. The number of amides is 1. The van der Waals surface area contributed by atoms with Gasteiger partial charge in [-0.05, 0) is 55.1 Å². The molecule has 5 nitrogen and oxygen atoms in total. The van der Waals surface area contributed by atoms with Crippen molar-refractivity contribution in [1.29, 1.82) is 0 Å². The molecule has 1 aromatic carbocycles. The van der Waals surface area contributed by atoms with Gasteiger partial charge in [0, 0.05) is 6.08 Å². The Kier molecular flexibility index (Phi) is 4.02. The Bertz CT molecular complexity index is 760. The van der Waals surface area contributed by atoms with E-state index in [9.17, 15) is 4.79 Å². The topological polar surface area (TPSA) is 63.8 Å².